The lowest BCUT2D eigenvalue weighted by Crippen LogP contribution is -2.42. The summed E-state index contributed by atoms with van der Waals surface area (Å²) in [5.74, 6) is 0.214. The molecule has 0 radical (unpaired) electrons. The molecule has 0 saturated carbocycles. The molecule has 2 rings (SSSR count). The van der Waals surface area contributed by atoms with E-state index < -0.39 is 5.91 Å². The first-order chi connectivity index (χ1) is 12.8. The third-order valence-electron chi connectivity index (χ3n) is 4.86. The molecule has 0 aliphatic carbocycles. The highest BCUT2D eigenvalue weighted by Crippen LogP contribution is 2.36. The number of hydrogen-bond donors (Lipinski definition) is 2. The van der Waals surface area contributed by atoms with Crippen molar-refractivity contribution in [3.8, 4) is 11.5 Å². The van der Waals surface area contributed by atoms with Crippen LogP contribution in [0.1, 0.15) is 31.9 Å². The molecule has 0 saturated heterocycles. The smallest absolute Gasteiger partial charge is 0.255 e. The molecular formula is C21H27ClN2O3. The lowest BCUT2D eigenvalue weighted by Gasteiger charge is -2.33. The van der Waals surface area contributed by atoms with Crippen LogP contribution in [0.5, 0.6) is 11.5 Å². The number of ether oxygens (including phenoxy) is 2. The molecule has 0 aliphatic rings. The first-order valence-electron chi connectivity index (χ1n) is 8.82. The second kappa shape index (κ2) is 9.11. The standard InChI is InChI=1S/C21H27ClN2O3/c1-14(21(2,3)16-8-6-5-7-9-16)24-12-15-10-17(22)20(18(11-15)26-4)27-13-19(23)25/h5-11,14,24H,12-13H2,1-4H3,(H2,23,25). The zero-order chi connectivity index (χ0) is 20.0. The lowest BCUT2D eigenvalue weighted by atomic mass is 9.78. The number of nitrogens with one attached hydrogen (secondary N) is 1. The maximum absolute atomic E-state index is 10.9. The molecule has 2 aromatic carbocycles. The fourth-order valence-corrected chi connectivity index (χ4v) is 3.09. The van der Waals surface area contributed by atoms with Crippen molar-refractivity contribution in [3.05, 3.63) is 58.6 Å². The number of primary amides is 1. The zero-order valence-electron chi connectivity index (χ0n) is 16.2. The maximum atomic E-state index is 10.9. The Morgan fingerprint density at radius 2 is 1.93 bits per heavy atom. The van der Waals surface area contributed by atoms with E-state index in [1.54, 1.807) is 6.07 Å². The van der Waals surface area contributed by atoms with Gasteiger partial charge in [0, 0.05) is 18.0 Å². The minimum atomic E-state index is -0.573. The third-order valence-corrected chi connectivity index (χ3v) is 5.14. The van der Waals surface area contributed by atoms with Gasteiger partial charge in [0.05, 0.1) is 12.1 Å². The van der Waals surface area contributed by atoms with Crippen LogP contribution in [0.2, 0.25) is 5.02 Å². The average Bonchev–Trinajstić information content (AvgIpc) is 2.65. The van der Waals surface area contributed by atoms with Gasteiger partial charge in [0.25, 0.3) is 5.91 Å². The molecule has 1 amide bonds. The van der Waals surface area contributed by atoms with Crippen LogP contribution in [0.15, 0.2) is 42.5 Å². The predicted molar refractivity (Wildman–Crippen MR) is 108 cm³/mol. The highest BCUT2D eigenvalue weighted by atomic mass is 35.5. The number of nitrogens with two attached hydrogens (primary N) is 1. The van der Waals surface area contributed by atoms with Crippen molar-refractivity contribution in [2.75, 3.05) is 13.7 Å². The number of amides is 1. The number of methoxy groups -OCH3 is 1. The normalized spacial score (nSPS) is 12.5. The summed E-state index contributed by atoms with van der Waals surface area (Å²) in [4.78, 5) is 10.9. The highest BCUT2D eigenvalue weighted by Gasteiger charge is 2.27. The highest BCUT2D eigenvalue weighted by molar-refractivity contribution is 6.32. The van der Waals surface area contributed by atoms with E-state index in [-0.39, 0.29) is 18.1 Å². The molecule has 0 fully saturated rings. The van der Waals surface area contributed by atoms with Gasteiger partial charge in [-0.15, -0.1) is 0 Å². The van der Waals surface area contributed by atoms with Gasteiger partial charge in [-0.3, -0.25) is 4.79 Å². The summed E-state index contributed by atoms with van der Waals surface area (Å²) >= 11 is 6.31. The van der Waals surface area contributed by atoms with Crippen LogP contribution >= 0.6 is 11.6 Å². The maximum Gasteiger partial charge on any atom is 0.255 e. The predicted octanol–water partition coefficient (Wildman–Crippen LogP) is 3.67. The van der Waals surface area contributed by atoms with Crippen molar-refractivity contribution >= 4 is 17.5 Å². The summed E-state index contributed by atoms with van der Waals surface area (Å²) in [6, 6.07) is 14.3. The van der Waals surface area contributed by atoms with Crippen molar-refractivity contribution in [2.45, 2.75) is 38.8 Å². The Hall–Kier alpha value is -2.24. The van der Waals surface area contributed by atoms with E-state index in [1.165, 1.54) is 12.7 Å². The van der Waals surface area contributed by atoms with E-state index in [4.69, 9.17) is 26.8 Å². The Labute approximate surface area is 165 Å². The third kappa shape index (κ3) is 5.37. The summed E-state index contributed by atoms with van der Waals surface area (Å²) in [6.07, 6.45) is 0. The molecule has 5 nitrogen and oxygen atoms in total. The van der Waals surface area contributed by atoms with Crippen LogP contribution < -0.4 is 20.5 Å². The van der Waals surface area contributed by atoms with Gasteiger partial charge in [-0.25, -0.2) is 0 Å². The van der Waals surface area contributed by atoms with E-state index >= 15 is 0 Å². The van der Waals surface area contributed by atoms with Gasteiger partial charge in [0.1, 0.15) is 0 Å². The Morgan fingerprint density at radius 1 is 1.26 bits per heavy atom. The molecule has 0 heterocycles. The molecule has 146 valence electrons. The molecule has 1 atom stereocenters. The molecule has 6 heteroatoms. The second-order valence-electron chi connectivity index (χ2n) is 7.05. The Morgan fingerprint density at radius 3 is 2.52 bits per heavy atom. The lowest BCUT2D eigenvalue weighted by molar-refractivity contribution is -0.119. The minimum Gasteiger partial charge on any atom is -0.493 e. The fraction of sp³-hybridized carbons (Fsp3) is 0.381. The molecule has 0 bridgehead atoms. The summed E-state index contributed by atoms with van der Waals surface area (Å²) in [7, 11) is 1.53. The van der Waals surface area contributed by atoms with E-state index in [2.05, 4.69) is 50.4 Å². The van der Waals surface area contributed by atoms with Gasteiger partial charge in [0.15, 0.2) is 18.1 Å². The first kappa shape index (κ1) is 21.1. The second-order valence-corrected chi connectivity index (χ2v) is 7.46. The fourth-order valence-electron chi connectivity index (χ4n) is 2.80. The number of carbonyl (C=O) groups excluding carboxylic acids is 1. The molecule has 0 aliphatic heterocycles. The SMILES string of the molecule is COc1cc(CNC(C)C(C)(C)c2ccccc2)cc(Cl)c1OCC(N)=O. The van der Waals surface area contributed by atoms with Gasteiger partial charge in [-0.2, -0.15) is 0 Å². The van der Waals surface area contributed by atoms with E-state index in [0.29, 0.717) is 23.1 Å². The van der Waals surface area contributed by atoms with Crippen LogP contribution in [0.3, 0.4) is 0 Å². The van der Waals surface area contributed by atoms with E-state index in [9.17, 15) is 4.79 Å². The first-order valence-corrected chi connectivity index (χ1v) is 9.20. The van der Waals surface area contributed by atoms with Crippen LogP contribution in [0.4, 0.5) is 0 Å². The molecule has 1 unspecified atom stereocenters. The van der Waals surface area contributed by atoms with Gasteiger partial charge in [0.2, 0.25) is 0 Å². The van der Waals surface area contributed by atoms with Crippen LogP contribution in [0.25, 0.3) is 0 Å². The number of carbonyl (C=O) groups is 1. The number of rotatable bonds is 9. The summed E-state index contributed by atoms with van der Waals surface area (Å²) in [5, 5.41) is 3.93. The largest absolute Gasteiger partial charge is 0.493 e. The van der Waals surface area contributed by atoms with E-state index in [0.717, 1.165) is 5.56 Å². The molecule has 0 aromatic heterocycles. The summed E-state index contributed by atoms with van der Waals surface area (Å²) in [6.45, 7) is 6.96. The molecule has 0 spiro atoms. The quantitative estimate of drug-likeness (QED) is 0.685. The number of hydrogen-bond acceptors (Lipinski definition) is 4. The molecular weight excluding hydrogens is 364 g/mol. The monoisotopic (exact) mass is 390 g/mol. The van der Waals surface area contributed by atoms with Gasteiger partial charge in [-0.1, -0.05) is 55.8 Å². The number of benzene rings is 2. The van der Waals surface area contributed by atoms with Crippen molar-refractivity contribution in [3.63, 3.8) is 0 Å². The molecule has 2 aromatic rings. The van der Waals surface area contributed by atoms with Crippen molar-refractivity contribution < 1.29 is 14.3 Å². The van der Waals surface area contributed by atoms with Gasteiger partial charge >= 0.3 is 0 Å². The van der Waals surface area contributed by atoms with E-state index in [1.807, 2.05) is 12.1 Å². The van der Waals surface area contributed by atoms with Crippen molar-refractivity contribution in [1.29, 1.82) is 0 Å². The van der Waals surface area contributed by atoms with Crippen molar-refractivity contribution in [1.82, 2.24) is 5.32 Å². The topological polar surface area (TPSA) is 73.6 Å². The molecule has 3 N–H and O–H groups in total. The zero-order valence-corrected chi connectivity index (χ0v) is 17.0. The van der Waals surface area contributed by atoms with Crippen molar-refractivity contribution in [2.24, 2.45) is 5.73 Å². The Bertz CT molecular complexity index is 778. The van der Waals surface area contributed by atoms with Gasteiger partial charge < -0.3 is 20.5 Å². The molecule has 27 heavy (non-hydrogen) atoms. The van der Waals surface area contributed by atoms with Crippen LogP contribution in [-0.2, 0) is 16.8 Å². The minimum absolute atomic E-state index is 0.0420. The Kier molecular flexibility index (Phi) is 7.11. The van der Waals surface area contributed by atoms with Crippen LogP contribution in [-0.4, -0.2) is 25.7 Å². The van der Waals surface area contributed by atoms with Crippen LogP contribution in [0, 0.1) is 0 Å². The van der Waals surface area contributed by atoms with Gasteiger partial charge in [-0.05, 0) is 30.2 Å². The summed E-state index contributed by atoms with van der Waals surface area (Å²) < 4.78 is 10.7. The summed E-state index contributed by atoms with van der Waals surface area (Å²) in [5.41, 5.74) is 7.31. The Balaban J connectivity index is 2.11. The number of halogens is 1. The average molecular weight is 391 g/mol.